The number of phosphoric ester groups is 1. The van der Waals surface area contributed by atoms with Gasteiger partial charge < -0.3 is 28.8 Å². The number of aliphatic hydroxyl groups excluding tert-OH is 1. The van der Waals surface area contributed by atoms with Crippen molar-refractivity contribution in [2.75, 3.05) is 40.9 Å². The molecular weight excluding hydrogens is 719 g/mol. The van der Waals surface area contributed by atoms with Crippen molar-refractivity contribution < 1.29 is 32.9 Å². The predicted octanol–water partition coefficient (Wildman–Crippen LogP) is 12.5. The Balaban J connectivity index is 4.41. The highest BCUT2D eigenvalue weighted by atomic mass is 31.2. The van der Waals surface area contributed by atoms with E-state index in [1.807, 2.05) is 27.2 Å². The molecular formula is C47H91N2O6P. The molecule has 330 valence electrons. The minimum atomic E-state index is -4.59. The number of aliphatic hydroxyl groups is 1. The molecule has 1 amide bonds. The molecule has 0 spiro atoms. The van der Waals surface area contributed by atoms with Gasteiger partial charge >= 0.3 is 0 Å². The van der Waals surface area contributed by atoms with Gasteiger partial charge in [-0.25, -0.2) is 0 Å². The lowest BCUT2D eigenvalue weighted by molar-refractivity contribution is -0.870. The van der Waals surface area contributed by atoms with E-state index in [9.17, 15) is 19.4 Å². The number of hydrogen-bond donors (Lipinski definition) is 2. The summed E-state index contributed by atoms with van der Waals surface area (Å²) in [6, 6.07) is -0.902. The summed E-state index contributed by atoms with van der Waals surface area (Å²) < 4.78 is 23.2. The van der Waals surface area contributed by atoms with Gasteiger partial charge in [0.05, 0.1) is 39.9 Å². The molecule has 0 saturated carbocycles. The number of allylic oxidation sites excluding steroid dienone is 5. The highest BCUT2D eigenvalue weighted by Crippen LogP contribution is 2.38. The van der Waals surface area contributed by atoms with Crippen molar-refractivity contribution in [1.82, 2.24) is 5.32 Å². The van der Waals surface area contributed by atoms with Crippen LogP contribution in [0.5, 0.6) is 0 Å². The maximum absolute atomic E-state index is 12.9. The van der Waals surface area contributed by atoms with Gasteiger partial charge in [0.1, 0.15) is 13.2 Å². The van der Waals surface area contributed by atoms with Gasteiger partial charge in [0.2, 0.25) is 5.91 Å². The summed E-state index contributed by atoms with van der Waals surface area (Å²) in [5, 5.41) is 13.8. The summed E-state index contributed by atoms with van der Waals surface area (Å²) >= 11 is 0. The molecule has 0 heterocycles. The molecule has 0 aliphatic heterocycles. The van der Waals surface area contributed by atoms with Crippen molar-refractivity contribution >= 4 is 13.7 Å². The minimum absolute atomic E-state index is 0.00655. The predicted molar refractivity (Wildman–Crippen MR) is 238 cm³/mol. The van der Waals surface area contributed by atoms with E-state index in [0.717, 1.165) is 38.5 Å². The molecule has 2 N–H and O–H groups in total. The van der Waals surface area contributed by atoms with Crippen molar-refractivity contribution in [3.63, 3.8) is 0 Å². The second-order valence-corrected chi connectivity index (χ2v) is 18.5. The third-order valence-corrected chi connectivity index (χ3v) is 11.3. The number of quaternary nitrogens is 1. The fourth-order valence-electron chi connectivity index (χ4n) is 6.57. The molecule has 0 aliphatic carbocycles. The van der Waals surface area contributed by atoms with E-state index in [0.29, 0.717) is 17.4 Å². The number of carbonyl (C=O) groups excluding carboxylic acids is 1. The zero-order chi connectivity index (χ0) is 41.4. The molecule has 0 aromatic rings. The van der Waals surface area contributed by atoms with Crippen molar-refractivity contribution in [1.29, 1.82) is 0 Å². The number of nitrogens with zero attached hydrogens (tertiary/aromatic N) is 1. The zero-order valence-electron chi connectivity index (χ0n) is 37.3. The largest absolute Gasteiger partial charge is 0.756 e. The lowest BCUT2D eigenvalue weighted by atomic mass is 10.0. The summed E-state index contributed by atoms with van der Waals surface area (Å²) in [6.07, 6.45) is 47.6. The van der Waals surface area contributed by atoms with Crippen LogP contribution in [0, 0.1) is 0 Å². The van der Waals surface area contributed by atoms with Gasteiger partial charge in [-0.3, -0.25) is 9.36 Å². The molecule has 3 atom stereocenters. The highest BCUT2D eigenvalue weighted by Gasteiger charge is 2.23. The average Bonchev–Trinajstić information content (AvgIpc) is 3.15. The van der Waals surface area contributed by atoms with Crippen LogP contribution in [0.2, 0.25) is 0 Å². The van der Waals surface area contributed by atoms with E-state index in [-0.39, 0.29) is 12.5 Å². The lowest BCUT2D eigenvalue weighted by Crippen LogP contribution is -2.45. The molecule has 1 unspecified atom stereocenters. The first-order chi connectivity index (χ1) is 27.0. The van der Waals surface area contributed by atoms with Gasteiger partial charge in [-0.05, 0) is 57.8 Å². The molecule has 0 aromatic heterocycles. The SMILES string of the molecule is CCCCCCCC/C=C/CCCCCCCCCCCC(=O)N[C@@H](COP(=O)([O-])OCC[N+](C)(C)C)[C@H](O)/C=C/CC/C=C/CCCCCCCCCCC. The number of phosphoric acid groups is 1. The summed E-state index contributed by atoms with van der Waals surface area (Å²) in [5.41, 5.74) is 0. The Kier molecular flexibility index (Phi) is 38.3. The summed E-state index contributed by atoms with van der Waals surface area (Å²) in [7, 11) is 1.24. The number of carbonyl (C=O) groups is 1. The van der Waals surface area contributed by atoms with Crippen LogP contribution < -0.4 is 10.2 Å². The van der Waals surface area contributed by atoms with Crippen LogP contribution in [0.3, 0.4) is 0 Å². The lowest BCUT2D eigenvalue weighted by Gasteiger charge is -2.29. The van der Waals surface area contributed by atoms with Crippen molar-refractivity contribution in [3.05, 3.63) is 36.5 Å². The van der Waals surface area contributed by atoms with Gasteiger partial charge in [0.25, 0.3) is 7.82 Å². The number of rotatable bonds is 42. The van der Waals surface area contributed by atoms with Crippen LogP contribution in [0.25, 0.3) is 0 Å². The van der Waals surface area contributed by atoms with Crippen LogP contribution in [0.1, 0.15) is 206 Å². The Morgan fingerprint density at radius 1 is 0.607 bits per heavy atom. The van der Waals surface area contributed by atoms with E-state index < -0.39 is 26.6 Å². The van der Waals surface area contributed by atoms with Crippen molar-refractivity contribution in [3.8, 4) is 0 Å². The van der Waals surface area contributed by atoms with Crippen LogP contribution >= 0.6 is 7.82 Å². The third kappa shape index (κ3) is 40.9. The molecule has 0 fully saturated rings. The first-order valence-electron chi connectivity index (χ1n) is 23.4. The van der Waals surface area contributed by atoms with Crippen LogP contribution in [-0.2, 0) is 18.4 Å². The van der Waals surface area contributed by atoms with Crippen LogP contribution in [0.4, 0.5) is 0 Å². The highest BCUT2D eigenvalue weighted by molar-refractivity contribution is 7.45. The maximum Gasteiger partial charge on any atom is 0.268 e. The number of unbranched alkanes of at least 4 members (excludes halogenated alkanes) is 25. The number of amides is 1. The zero-order valence-corrected chi connectivity index (χ0v) is 38.2. The molecule has 0 aliphatic rings. The Morgan fingerprint density at radius 2 is 1.00 bits per heavy atom. The normalized spacial score (nSPS) is 14.6. The first kappa shape index (κ1) is 54.7. The minimum Gasteiger partial charge on any atom is -0.756 e. The monoisotopic (exact) mass is 811 g/mol. The molecule has 0 radical (unpaired) electrons. The standard InChI is InChI=1S/C47H91N2O6P/c1-6-8-10-12-14-16-18-20-22-23-24-25-27-29-31-33-35-37-39-41-47(51)48-45(44-55-56(52,53)54-43-42-49(3,4)5)46(50)40-38-36-34-32-30-28-26-21-19-17-15-13-11-9-7-2/h20,22,30,32,38,40,45-46,50H,6-19,21,23-29,31,33-37,39,41-44H2,1-5H3,(H-,48,51,52,53)/b22-20+,32-30+,40-38+/t45-,46+/m0/s1. The van der Waals surface area contributed by atoms with E-state index in [1.165, 1.54) is 148 Å². The Hall–Kier alpha value is -1.28. The fourth-order valence-corrected chi connectivity index (χ4v) is 7.30. The molecule has 0 rings (SSSR count). The summed E-state index contributed by atoms with van der Waals surface area (Å²) in [4.78, 5) is 25.3. The first-order valence-corrected chi connectivity index (χ1v) is 24.8. The number of hydrogen-bond acceptors (Lipinski definition) is 6. The molecule has 0 saturated heterocycles. The van der Waals surface area contributed by atoms with Gasteiger partial charge in [-0.15, -0.1) is 0 Å². The smallest absolute Gasteiger partial charge is 0.268 e. The quantitative estimate of drug-likeness (QED) is 0.0275. The fraction of sp³-hybridized carbons (Fsp3) is 0.851. The summed E-state index contributed by atoms with van der Waals surface area (Å²) in [6.45, 7) is 4.62. The van der Waals surface area contributed by atoms with Gasteiger partial charge in [-0.2, -0.15) is 0 Å². The third-order valence-electron chi connectivity index (χ3n) is 10.3. The van der Waals surface area contributed by atoms with Crippen molar-refractivity contribution in [2.24, 2.45) is 0 Å². The van der Waals surface area contributed by atoms with Gasteiger partial charge in [-0.1, -0.05) is 179 Å². The second-order valence-electron chi connectivity index (χ2n) is 17.1. The van der Waals surface area contributed by atoms with E-state index in [2.05, 4.69) is 43.5 Å². The summed E-state index contributed by atoms with van der Waals surface area (Å²) in [5.74, 6) is -0.210. The van der Waals surface area contributed by atoms with Crippen LogP contribution in [0.15, 0.2) is 36.5 Å². The van der Waals surface area contributed by atoms with E-state index >= 15 is 0 Å². The van der Waals surface area contributed by atoms with Gasteiger partial charge in [0, 0.05) is 6.42 Å². The maximum atomic E-state index is 12.9. The van der Waals surface area contributed by atoms with Crippen LogP contribution in [-0.4, -0.2) is 68.5 Å². The van der Waals surface area contributed by atoms with E-state index in [1.54, 1.807) is 6.08 Å². The Bertz CT molecular complexity index is 1010. The molecule has 8 nitrogen and oxygen atoms in total. The topological polar surface area (TPSA) is 108 Å². The Labute approximate surface area is 347 Å². The Morgan fingerprint density at radius 3 is 1.45 bits per heavy atom. The van der Waals surface area contributed by atoms with Crippen molar-refractivity contribution in [2.45, 2.75) is 219 Å². The molecule has 0 aromatic carbocycles. The second kappa shape index (κ2) is 39.2. The average molecular weight is 811 g/mol. The number of nitrogens with one attached hydrogen (secondary N) is 1. The molecule has 0 bridgehead atoms. The number of likely N-dealkylation sites (N-methyl/N-ethyl adjacent to an activating group) is 1. The van der Waals surface area contributed by atoms with E-state index in [4.69, 9.17) is 9.05 Å². The van der Waals surface area contributed by atoms with Gasteiger partial charge in [0.15, 0.2) is 0 Å². The molecule has 56 heavy (non-hydrogen) atoms. The molecule has 9 heteroatoms.